The lowest BCUT2D eigenvalue weighted by atomic mass is 10.1. The minimum Gasteiger partial charge on any atom is -0.357 e. The number of hydrogen-bond acceptors (Lipinski definition) is 3. The summed E-state index contributed by atoms with van der Waals surface area (Å²) in [6, 6.07) is 6.59. The van der Waals surface area contributed by atoms with Crippen LogP contribution in [-0.2, 0) is 11.3 Å². The van der Waals surface area contributed by atoms with Gasteiger partial charge in [0.25, 0.3) is 5.91 Å². The average Bonchev–Trinajstić information content (AvgIpc) is 2.50. The summed E-state index contributed by atoms with van der Waals surface area (Å²) < 4.78 is 0. The van der Waals surface area contributed by atoms with Gasteiger partial charge in [-0.1, -0.05) is 31.9 Å². The van der Waals surface area contributed by atoms with Gasteiger partial charge in [-0.25, -0.2) is 0 Å². The van der Waals surface area contributed by atoms with Crippen LogP contribution in [0.15, 0.2) is 24.3 Å². The van der Waals surface area contributed by atoms with Crippen molar-refractivity contribution in [3.63, 3.8) is 0 Å². The third kappa shape index (κ3) is 4.66. The van der Waals surface area contributed by atoms with Crippen molar-refractivity contribution in [3.8, 4) is 0 Å². The lowest BCUT2D eigenvalue weighted by Gasteiger charge is -2.17. The largest absolute Gasteiger partial charge is 0.357 e. The molecule has 0 aromatic heterocycles. The van der Waals surface area contributed by atoms with Crippen LogP contribution >= 0.6 is 0 Å². The molecule has 0 spiro atoms. The molecule has 2 amide bonds. The highest BCUT2D eigenvalue weighted by Gasteiger charge is 2.19. The maximum atomic E-state index is 12.1. The van der Waals surface area contributed by atoms with Gasteiger partial charge in [0, 0.05) is 19.2 Å². The number of amides is 2. The van der Waals surface area contributed by atoms with E-state index in [9.17, 15) is 9.59 Å². The summed E-state index contributed by atoms with van der Waals surface area (Å²) in [5, 5.41) is 5.35. The topological polar surface area (TPSA) is 84.2 Å². The van der Waals surface area contributed by atoms with Gasteiger partial charge in [0.2, 0.25) is 5.91 Å². The lowest BCUT2D eigenvalue weighted by Crippen LogP contribution is -2.45. The van der Waals surface area contributed by atoms with Crippen molar-refractivity contribution in [1.82, 2.24) is 10.6 Å². The van der Waals surface area contributed by atoms with Crippen molar-refractivity contribution in [3.05, 3.63) is 35.4 Å². The van der Waals surface area contributed by atoms with E-state index in [0.717, 1.165) is 18.4 Å². The summed E-state index contributed by atoms with van der Waals surface area (Å²) in [7, 11) is 1.57. The van der Waals surface area contributed by atoms with Gasteiger partial charge < -0.3 is 16.4 Å². The van der Waals surface area contributed by atoms with Crippen LogP contribution in [0.25, 0.3) is 0 Å². The zero-order valence-electron chi connectivity index (χ0n) is 12.1. The Bertz CT molecular complexity index is 443. The molecule has 0 aliphatic carbocycles. The Morgan fingerprint density at radius 3 is 2.40 bits per heavy atom. The van der Waals surface area contributed by atoms with Crippen LogP contribution in [0.5, 0.6) is 0 Å². The van der Waals surface area contributed by atoms with E-state index in [1.165, 1.54) is 0 Å². The maximum absolute atomic E-state index is 12.1. The molecule has 1 atom stereocenters. The zero-order chi connectivity index (χ0) is 15.0. The molecule has 0 fully saturated rings. The molecular weight excluding hydrogens is 254 g/mol. The van der Waals surface area contributed by atoms with Crippen LogP contribution in [0.4, 0.5) is 0 Å². The minimum absolute atomic E-state index is 0.162. The first kappa shape index (κ1) is 16.2. The predicted octanol–water partition coefficient (Wildman–Crippen LogP) is 1.18. The van der Waals surface area contributed by atoms with E-state index in [1.54, 1.807) is 19.2 Å². The highest BCUT2D eigenvalue weighted by atomic mass is 16.2. The van der Waals surface area contributed by atoms with E-state index in [1.807, 2.05) is 19.1 Å². The summed E-state index contributed by atoms with van der Waals surface area (Å²) in [4.78, 5) is 23.9. The fraction of sp³-hybridized carbons (Fsp3) is 0.467. The first-order valence-corrected chi connectivity index (χ1v) is 6.93. The molecule has 5 heteroatoms. The van der Waals surface area contributed by atoms with Crippen LogP contribution in [-0.4, -0.2) is 24.9 Å². The molecule has 0 heterocycles. The molecule has 1 aromatic carbocycles. The van der Waals surface area contributed by atoms with Crippen LogP contribution in [0, 0.1) is 0 Å². The summed E-state index contributed by atoms with van der Waals surface area (Å²) >= 11 is 0. The Balaban J connectivity index is 2.70. The Hall–Kier alpha value is -1.88. The number of nitrogens with one attached hydrogen (secondary N) is 2. The number of nitrogens with two attached hydrogens (primary N) is 1. The van der Waals surface area contributed by atoms with E-state index in [4.69, 9.17) is 5.73 Å². The zero-order valence-corrected chi connectivity index (χ0v) is 12.1. The molecule has 5 nitrogen and oxygen atoms in total. The van der Waals surface area contributed by atoms with E-state index in [-0.39, 0.29) is 11.8 Å². The van der Waals surface area contributed by atoms with Gasteiger partial charge in [0.05, 0.1) is 0 Å². The molecule has 1 rings (SSSR count). The molecule has 110 valence electrons. The molecule has 0 aliphatic heterocycles. The highest BCUT2D eigenvalue weighted by Crippen LogP contribution is 2.06. The van der Waals surface area contributed by atoms with Crippen molar-refractivity contribution < 1.29 is 9.59 Å². The van der Waals surface area contributed by atoms with Gasteiger partial charge in [-0.3, -0.25) is 9.59 Å². The normalized spacial score (nSPS) is 11.8. The number of unbranched alkanes of at least 4 members (excludes halogenated alkanes) is 1. The molecule has 1 aromatic rings. The maximum Gasteiger partial charge on any atom is 0.251 e. The van der Waals surface area contributed by atoms with Crippen LogP contribution < -0.4 is 16.4 Å². The van der Waals surface area contributed by atoms with Crippen LogP contribution in [0.3, 0.4) is 0 Å². The monoisotopic (exact) mass is 277 g/mol. The molecule has 20 heavy (non-hydrogen) atoms. The van der Waals surface area contributed by atoms with Gasteiger partial charge in [0.1, 0.15) is 6.04 Å². The number of benzene rings is 1. The average molecular weight is 277 g/mol. The third-order valence-corrected chi connectivity index (χ3v) is 3.17. The third-order valence-electron chi connectivity index (χ3n) is 3.17. The van der Waals surface area contributed by atoms with Crippen molar-refractivity contribution in [1.29, 1.82) is 0 Å². The summed E-state index contributed by atoms with van der Waals surface area (Å²) in [6.45, 7) is 2.49. The Morgan fingerprint density at radius 2 is 1.90 bits per heavy atom. The molecule has 0 radical (unpaired) electrons. The van der Waals surface area contributed by atoms with E-state index in [0.29, 0.717) is 18.5 Å². The number of carbonyl (C=O) groups excluding carboxylic acids is 2. The van der Waals surface area contributed by atoms with Crippen LogP contribution in [0.1, 0.15) is 42.1 Å². The minimum atomic E-state index is -0.485. The predicted molar refractivity (Wildman–Crippen MR) is 79.2 cm³/mol. The quantitative estimate of drug-likeness (QED) is 0.699. The molecule has 0 aliphatic rings. The summed E-state index contributed by atoms with van der Waals surface area (Å²) in [5.74, 6) is -0.399. The van der Waals surface area contributed by atoms with Gasteiger partial charge in [-0.15, -0.1) is 0 Å². The number of likely N-dealkylation sites (N-methyl/N-ethyl adjacent to an activating group) is 1. The molecule has 0 bridgehead atoms. The molecular formula is C15H23N3O2. The van der Waals surface area contributed by atoms with E-state index in [2.05, 4.69) is 10.6 Å². The van der Waals surface area contributed by atoms with Gasteiger partial charge in [-0.05, 0) is 24.1 Å². The molecule has 1 unspecified atom stereocenters. The molecule has 0 saturated heterocycles. The second-order valence-corrected chi connectivity index (χ2v) is 4.68. The van der Waals surface area contributed by atoms with Crippen molar-refractivity contribution >= 4 is 11.8 Å². The fourth-order valence-electron chi connectivity index (χ4n) is 1.89. The first-order chi connectivity index (χ1) is 9.62. The first-order valence-electron chi connectivity index (χ1n) is 6.93. The fourth-order valence-corrected chi connectivity index (χ4v) is 1.89. The Kier molecular flexibility index (Phi) is 6.73. The van der Waals surface area contributed by atoms with Crippen molar-refractivity contribution in [2.24, 2.45) is 5.73 Å². The highest BCUT2D eigenvalue weighted by molar-refractivity contribution is 5.97. The number of rotatable bonds is 7. The van der Waals surface area contributed by atoms with Crippen molar-refractivity contribution in [2.75, 3.05) is 7.05 Å². The van der Waals surface area contributed by atoms with Gasteiger partial charge in [0.15, 0.2) is 0 Å². The van der Waals surface area contributed by atoms with Gasteiger partial charge >= 0.3 is 0 Å². The molecule has 4 N–H and O–H groups in total. The lowest BCUT2D eigenvalue weighted by molar-refractivity contribution is -0.122. The molecule has 0 saturated carbocycles. The number of carbonyl (C=O) groups is 2. The van der Waals surface area contributed by atoms with E-state index >= 15 is 0 Å². The van der Waals surface area contributed by atoms with Crippen LogP contribution in [0.2, 0.25) is 0 Å². The smallest absolute Gasteiger partial charge is 0.251 e. The van der Waals surface area contributed by atoms with E-state index < -0.39 is 6.04 Å². The van der Waals surface area contributed by atoms with Crippen molar-refractivity contribution in [2.45, 2.75) is 38.8 Å². The Morgan fingerprint density at radius 1 is 1.25 bits per heavy atom. The van der Waals surface area contributed by atoms with Gasteiger partial charge in [-0.2, -0.15) is 0 Å². The standard InChI is InChI=1S/C15H23N3O2/c1-3-4-5-13(15(20)17-2)18-14(19)12-8-6-11(10-16)7-9-12/h6-9,13H,3-5,10,16H2,1-2H3,(H,17,20)(H,18,19). The SMILES string of the molecule is CCCCC(NC(=O)c1ccc(CN)cc1)C(=O)NC. The number of hydrogen-bond donors (Lipinski definition) is 3. The second-order valence-electron chi connectivity index (χ2n) is 4.68. The summed E-state index contributed by atoms with van der Waals surface area (Å²) in [5.41, 5.74) is 7.02. The Labute approximate surface area is 119 Å². The summed E-state index contributed by atoms with van der Waals surface area (Å²) in [6.07, 6.45) is 2.52. The second kappa shape index (κ2) is 8.32.